The number of alkyl halides is 3. The molecule has 6 nitrogen and oxygen atoms in total. The maximum absolute atomic E-state index is 12.8. The molecule has 1 heterocycles. The number of nitrogens with zero attached hydrogens (tertiary/aromatic N) is 1. The van der Waals surface area contributed by atoms with Crippen molar-refractivity contribution in [2.24, 2.45) is 0 Å². The van der Waals surface area contributed by atoms with Gasteiger partial charge in [-0.15, -0.1) is 0 Å². The summed E-state index contributed by atoms with van der Waals surface area (Å²) in [6, 6.07) is 13.4. The molecule has 2 amide bonds. The van der Waals surface area contributed by atoms with Crippen molar-refractivity contribution in [1.82, 2.24) is 4.90 Å². The van der Waals surface area contributed by atoms with E-state index in [9.17, 15) is 22.8 Å². The van der Waals surface area contributed by atoms with Crippen LogP contribution >= 0.6 is 0 Å². The van der Waals surface area contributed by atoms with Gasteiger partial charge in [0.05, 0.1) is 31.4 Å². The Morgan fingerprint density at radius 3 is 2.43 bits per heavy atom. The first-order valence-corrected chi connectivity index (χ1v) is 9.35. The SMILES string of the molecule is O=C(C[C@@H](COCc1ccccc1)Nc1ccc(C(F)(F)F)cc1)N1CCOC1=O. The second-order valence-electron chi connectivity index (χ2n) is 6.78. The molecule has 0 radical (unpaired) electrons. The molecule has 2 aromatic rings. The lowest BCUT2D eigenvalue weighted by atomic mass is 10.1. The van der Waals surface area contributed by atoms with Crippen LogP contribution in [0.1, 0.15) is 17.5 Å². The van der Waals surface area contributed by atoms with E-state index in [0.29, 0.717) is 12.3 Å². The summed E-state index contributed by atoms with van der Waals surface area (Å²) >= 11 is 0. The quantitative estimate of drug-likeness (QED) is 0.695. The molecule has 160 valence electrons. The molecule has 0 aromatic heterocycles. The highest BCUT2D eigenvalue weighted by Gasteiger charge is 2.31. The molecule has 0 saturated carbocycles. The van der Waals surface area contributed by atoms with Crippen molar-refractivity contribution in [1.29, 1.82) is 0 Å². The predicted octanol–water partition coefficient (Wildman–Crippen LogP) is 4.07. The molecule has 0 aliphatic carbocycles. The summed E-state index contributed by atoms with van der Waals surface area (Å²) in [5.74, 6) is -0.440. The topological polar surface area (TPSA) is 67.9 Å². The molecule has 9 heteroatoms. The zero-order valence-corrected chi connectivity index (χ0v) is 16.0. The van der Waals surface area contributed by atoms with Gasteiger partial charge in [-0.25, -0.2) is 9.69 Å². The predicted molar refractivity (Wildman–Crippen MR) is 103 cm³/mol. The molecule has 3 rings (SSSR count). The van der Waals surface area contributed by atoms with Crippen LogP contribution in [0.4, 0.5) is 23.7 Å². The maximum Gasteiger partial charge on any atom is 0.416 e. The van der Waals surface area contributed by atoms with Crippen LogP contribution in [0.5, 0.6) is 0 Å². The number of hydrogen-bond donors (Lipinski definition) is 1. The minimum atomic E-state index is -4.43. The molecule has 1 aliphatic rings. The highest BCUT2D eigenvalue weighted by atomic mass is 19.4. The number of rotatable bonds is 8. The molecule has 30 heavy (non-hydrogen) atoms. The first kappa shape index (κ1) is 21.6. The Balaban J connectivity index is 1.64. The average Bonchev–Trinajstić information content (AvgIpc) is 3.14. The van der Waals surface area contributed by atoms with Gasteiger partial charge in [0.15, 0.2) is 0 Å². The molecule has 1 saturated heterocycles. The van der Waals surface area contributed by atoms with E-state index < -0.39 is 29.8 Å². The minimum absolute atomic E-state index is 0.0785. The number of hydrogen-bond acceptors (Lipinski definition) is 5. The zero-order chi connectivity index (χ0) is 21.6. The van der Waals surface area contributed by atoms with Gasteiger partial charge in [0.1, 0.15) is 6.61 Å². The van der Waals surface area contributed by atoms with Crippen LogP contribution in [-0.2, 0) is 27.1 Å². The van der Waals surface area contributed by atoms with Crippen molar-refractivity contribution >= 4 is 17.7 Å². The Morgan fingerprint density at radius 2 is 1.83 bits per heavy atom. The van der Waals surface area contributed by atoms with Crippen molar-refractivity contribution in [3.63, 3.8) is 0 Å². The van der Waals surface area contributed by atoms with E-state index in [1.165, 1.54) is 12.1 Å². The third-order valence-corrected chi connectivity index (χ3v) is 4.50. The first-order valence-electron chi connectivity index (χ1n) is 9.35. The van der Waals surface area contributed by atoms with Crippen molar-refractivity contribution in [3.8, 4) is 0 Å². The summed E-state index contributed by atoms with van der Waals surface area (Å²) in [5, 5.41) is 3.02. The van der Waals surface area contributed by atoms with E-state index in [4.69, 9.17) is 9.47 Å². The van der Waals surface area contributed by atoms with Gasteiger partial charge in [0, 0.05) is 12.1 Å². The Labute approximate surface area is 171 Å². The van der Waals surface area contributed by atoms with Gasteiger partial charge in [-0.3, -0.25) is 4.79 Å². The standard InChI is InChI=1S/C21H21F3N2O4/c22-21(23,24)16-6-8-17(9-7-16)25-18(12-19(27)26-10-11-30-20(26)28)14-29-13-15-4-2-1-3-5-15/h1-9,18,25H,10-14H2/t18-/m0/s1. The number of anilines is 1. The number of nitrogens with one attached hydrogen (secondary N) is 1. The van der Waals surface area contributed by atoms with Crippen molar-refractivity contribution in [2.45, 2.75) is 25.2 Å². The zero-order valence-electron chi connectivity index (χ0n) is 16.0. The Bertz CT molecular complexity index is 857. The van der Waals surface area contributed by atoms with E-state index in [1.54, 1.807) is 0 Å². The molecule has 2 aromatic carbocycles. The fraction of sp³-hybridized carbons (Fsp3) is 0.333. The van der Waals surface area contributed by atoms with Gasteiger partial charge >= 0.3 is 12.3 Å². The smallest absolute Gasteiger partial charge is 0.416 e. The lowest BCUT2D eigenvalue weighted by molar-refractivity contribution is -0.137. The molecule has 0 bridgehead atoms. The van der Waals surface area contributed by atoms with Crippen LogP contribution in [0, 0.1) is 0 Å². The fourth-order valence-corrected chi connectivity index (χ4v) is 2.98. The summed E-state index contributed by atoms with van der Waals surface area (Å²) in [6.07, 6.45) is -5.20. The summed E-state index contributed by atoms with van der Waals surface area (Å²) in [6.45, 7) is 0.748. The van der Waals surface area contributed by atoms with Gasteiger partial charge in [0.25, 0.3) is 0 Å². The number of amides is 2. The fourth-order valence-electron chi connectivity index (χ4n) is 2.98. The number of benzene rings is 2. The molecule has 1 atom stereocenters. The maximum atomic E-state index is 12.8. The second-order valence-corrected chi connectivity index (χ2v) is 6.78. The monoisotopic (exact) mass is 422 g/mol. The van der Waals surface area contributed by atoms with Crippen LogP contribution in [0.3, 0.4) is 0 Å². The Morgan fingerprint density at radius 1 is 1.13 bits per heavy atom. The van der Waals surface area contributed by atoms with Gasteiger partial charge in [0.2, 0.25) is 5.91 Å². The Kier molecular flexibility index (Phi) is 6.94. The normalized spacial score (nSPS) is 15.0. The van der Waals surface area contributed by atoms with Crippen LogP contribution in [0.2, 0.25) is 0 Å². The summed E-state index contributed by atoms with van der Waals surface area (Å²) < 4.78 is 48.7. The van der Waals surface area contributed by atoms with Crippen molar-refractivity contribution in [2.75, 3.05) is 25.1 Å². The number of halogens is 3. The third kappa shape index (κ3) is 5.96. The molecule has 1 aliphatic heterocycles. The van der Waals surface area contributed by atoms with E-state index in [2.05, 4.69) is 5.32 Å². The Hall–Kier alpha value is -3.07. The van der Waals surface area contributed by atoms with E-state index in [-0.39, 0.29) is 26.2 Å². The van der Waals surface area contributed by atoms with Crippen LogP contribution in [-0.4, -0.2) is 42.7 Å². The lowest BCUT2D eigenvalue weighted by Crippen LogP contribution is -2.37. The molecule has 1 fully saturated rings. The van der Waals surface area contributed by atoms with E-state index in [1.807, 2.05) is 30.3 Å². The molecule has 0 unspecified atom stereocenters. The van der Waals surface area contributed by atoms with Crippen LogP contribution in [0.15, 0.2) is 54.6 Å². The van der Waals surface area contributed by atoms with Gasteiger partial charge in [-0.05, 0) is 29.8 Å². The highest BCUT2D eigenvalue weighted by Crippen LogP contribution is 2.30. The lowest BCUT2D eigenvalue weighted by Gasteiger charge is -2.22. The summed E-state index contributed by atoms with van der Waals surface area (Å²) in [4.78, 5) is 25.1. The molecule has 1 N–H and O–H groups in total. The number of carbonyl (C=O) groups is 2. The number of ether oxygens (including phenoxy) is 2. The van der Waals surface area contributed by atoms with Gasteiger partial charge < -0.3 is 14.8 Å². The van der Waals surface area contributed by atoms with Gasteiger partial charge in [-0.1, -0.05) is 30.3 Å². The largest absolute Gasteiger partial charge is 0.447 e. The molecular formula is C21H21F3N2O4. The van der Waals surface area contributed by atoms with Crippen molar-refractivity contribution in [3.05, 3.63) is 65.7 Å². The number of imide groups is 1. The van der Waals surface area contributed by atoms with E-state index >= 15 is 0 Å². The average molecular weight is 422 g/mol. The van der Waals surface area contributed by atoms with E-state index in [0.717, 1.165) is 22.6 Å². The summed E-state index contributed by atoms with van der Waals surface area (Å²) in [5.41, 5.74) is 0.592. The second kappa shape index (κ2) is 9.62. The number of carbonyl (C=O) groups excluding carboxylic acids is 2. The van der Waals surface area contributed by atoms with Crippen LogP contribution in [0.25, 0.3) is 0 Å². The third-order valence-electron chi connectivity index (χ3n) is 4.50. The van der Waals surface area contributed by atoms with Crippen LogP contribution < -0.4 is 5.32 Å². The van der Waals surface area contributed by atoms with Gasteiger partial charge in [-0.2, -0.15) is 13.2 Å². The minimum Gasteiger partial charge on any atom is -0.447 e. The molecule has 0 spiro atoms. The first-order chi connectivity index (χ1) is 14.3. The molecular weight excluding hydrogens is 401 g/mol. The highest BCUT2D eigenvalue weighted by molar-refractivity contribution is 5.93. The summed E-state index contributed by atoms with van der Waals surface area (Å²) in [7, 11) is 0. The number of cyclic esters (lactones) is 1. The van der Waals surface area contributed by atoms with Crippen molar-refractivity contribution < 1.29 is 32.2 Å².